The van der Waals surface area contributed by atoms with Gasteiger partial charge in [-0.2, -0.15) is 0 Å². The molecule has 17 heavy (non-hydrogen) atoms. The first kappa shape index (κ1) is 12.4. The standard InChI is InChI=1S/C11H11Cl2N3O/c12-8-3-4-10(13)11(6-8)16-7-9(14-15-16)2-1-5-17/h3-4,6-7,17H,1-2,5H2. The molecule has 1 aromatic carbocycles. The number of aliphatic hydroxyl groups is 1. The van der Waals surface area contributed by atoms with Crippen molar-refractivity contribution in [3.8, 4) is 5.69 Å². The van der Waals surface area contributed by atoms with Gasteiger partial charge in [-0.05, 0) is 31.0 Å². The molecule has 0 amide bonds. The maximum Gasteiger partial charge on any atom is 0.0864 e. The van der Waals surface area contributed by atoms with E-state index in [1.54, 1.807) is 29.1 Å². The van der Waals surface area contributed by atoms with Gasteiger partial charge in [0.15, 0.2) is 0 Å². The third-order valence-electron chi connectivity index (χ3n) is 2.29. The molecule has 0 saturated carbocycles. The summed E-state index contributed by atoms with van der Waals surface area (Å²) in [5.41, 5.74) is 1.51. The average Bonchev–Trinajstić information content (AvgIpc) is 2.78. The smallest absolute Gasteiger partial charge is 0.0864 e. The molecule has 0 spiro atoms. The first-order chi connectivity index (χ1) is 8.20. The molecule has 2 aromatic rings. The lowest BCUT2D eigenvalue weighted by Gasteiger charge is -2.03. The maximum atomic E-state index is 8.74. The molecule has 1 aromatic heterocycles. The van der Waals surface area contributed by atoms with Crippen molar-refractivity contribution in [1.29, 1.82) is 0 Å². The van der Waals surface area contributed by atoms with Crippen molar-refractivity contribution in [2.24, 2.45) is 0 Å². The van der Waals surface area contributed by atoms with E-state index in [4.69, 9.17) is 28.3 Å². The molecule has 0 fully saturated rings. The highest BCUT2D eigenvalue weighted by Crippen LogP contribution is 2.23. The van der Waals surface area contributed by atoms with Crippen molar-refractivity contribution in [2.75, 3.05) is 6.61 Å². The minimum atomic E-state index is 0.144. The molecule has 1 heterocycles. The first-order valence-electron chi connectivity index (χ1n) is 5.18. The lowest BCUT2D eigenvalue weighted by atomic mass is 10.2. The van der Waals surface area contributed by atoms with Gasteiger partial charge in [0.05, 0.1) is 22.6 Å². The van der Waals surface area contributed by atoms with E-state index in [-0.39, 0.29) is 6.61 Å². The predicted molar refractivity (Wildman–Crippen MR) is 66.8 cm³/mol. The average molecular weight is 272 g/mol. The van der Waals surface area contributed by atoms with E-state index in [0.717, 1.165) is 5.69 Å². The molecule has 1 N–H and O–H groups in total. The van der Waals surface area contributed by atoms with Gasteiger partial charge in [0.1, 0.15) is 0 Å². The Morgan fingerprint density at radius 3 is 2.88 bits per heavy atom. The van der Waals surface area contributed by atoms with Crippen LogP contribution in [0.3, 0.4) is 0 Å². The maximum absolute atomic E-state index is 8.74. The van der Waals surface area contributed by atoms with Crippen LogP contribution in [0.4, 0.5) is 0 Å². The summed E-state index contributed by atoms with van der Waals surface area (Å²) in [5, 5.41) is 17.9. The molecule has 0 unspecified atom stereocenters. The molecule has 0 aliphatic carbocycles. The van der Waals surface area contributed by atoms with Crippen LogP contribution in [0.1, 0.15) is 12.1 Å². The molecule has 0 radical (unpaired) electrons. The largest absolute Gasteiger partial charge is 0.396 e. The van der Waals surface area contributed by atoms with Crippen molar-refractivity contribution >= 4 is 23.2 Å². The molecule has 2 rings (SSSR count). The van der Waals surface area contributed by atoms with Gasteiger partial charge in [0.2, 0.25) is 0 Å². The number of hydrogen-bond donors (Lipinski definition) is 1. The Kier molecular flexibility index (Phi) is 3.99. The number of aryl methyl sites for hydroxylation is 1. The summed E-state index contributed by atoms with van der Waals surface area (Å²) >= 11 is 12.0. The molecule has 0 atom stereocenters. The molecule has 0 bridgehead atoms. The zero-order valence-corrected chi connectivity index (χ0v) is 10.5. The summed E-state index contributed by atoms with van der Waals surface area (Å²) < 4.78 is 1.58. The highest BCUT2D eigenvalue weighted by Gasteiger charge is 2.07. The van der Waals surface area contributed by atoms with Gasteiger partial charge in [-0.3, -0.25) is 0 Å². The van der Waals surface area contributed by atoms with Crippen LogP contribution in [-0.4, -0.2) is 26.7 Å². The van der Waals surface area contributed by atoms with Crippen LogP contribution in [0.15, 0.2) is 24.4 Å². The lowest BCUT2D eigenvalue weighted by molar-refractivity contribution is 0.288. The summed E-state index contributed by atoms with van der Waals surface area (Å²) in [6, 6.07) is 5.17. The Morgan fingerprint density at radius 2 is 2.12 bits per heavy atom. The third-order valence-corrected chi connectivity index (χ3v) is 2.84. The minimum absolute atomic E-state index is 0.144. The zero-order chi connectivity index (χ0) is 12.3. The van der Waals surface area contributed by atoms with Gasteiger partial charge < -0.3 is 5.11 Å². The number of halogens is 2. The van der Waals surface area contributed by atoms with Gasteiger partial charge in [-0.1, -0.05) is 28.4 Å². The van der Waals surface area contributed by atoms with Crippen LogP contribution in [-0.2, 0) is 6.42 Å². The van der Waals surface area contributed by atoms with Crippen LogP contribution in [0.2, 0.25) is 10.0 Å². The van der Waals surface area contributed by atoms with Crippen molar-refractivity contribution < 1.29 is 5.11 Å². The van der Waals surface area contributed by atoms with E-state index in [1.807, 2.05) is 0 Å². The summed E-state index contributed by atoms with van der Waals surface area (Å²) in [7, 11) is 0. The van der Waals surface area contributed by atoms with Gasteiger partial charge in [0.25, 0.3) is 0 Å². The second kappa shape index (κ2) is 5.49. The number of nitrogens with zero attached hydrogens (tertiary/aromatic N) is 3. The van der Waals surface area contributed by atoms with Crippen LogP contribution in [0.25, 0.3) is 5.69 Å². The Hall–Kier alpha value is -1.10. The van der Waals surface area contributed by atoms with E-state index in [9.17, 15) is 0 Å². The summed E-state index contributed by atoms with van der Waals surface area (Å²) in [5.74, 6) is 0. The fourth-order valence-corrected chi connectivity index (χ4v) is 1.82. The third kappa shape index (κ3) is 2.97. The highest BCUT2D eigenvalue weighted by atomic mass is 35.5. The number of aliphatic hydroxyl groups excluding tert-OH is 1. The van der Waals surface area contributed by atoms with Crippen molar-refractivity contribution in [3.05, 3.63) is 40.1 Å². The molecule has 0 aliphatic heterocycles. The van der Waals surface area contributed by atoms with Crippen LogP contribution < -0.4 is 0 Å². The first-order valence-corrected chi connectivity index (χ1v) is 5.94. The number of aromatic nitrogens is 3. The molecular formula is C11H11Cl2N3O. The predicted octanol–water partition coefficient (Wildman–Crippen LogP) is 2.50. The van der Waals surface area contributed by atoms with Crippen molar-refractivity contribution in [1.82, 2.24) is 15.0 Å². The van der Waals surface area contributed by atoms with E-state index in [0.29, 0.717) is 28.6 Å². The number of hydrogen-bond acceptors (Lipinski definition) is 3. The monoisotopic (exact) mass is 271 g/mol. The summed E-state index contributed by atoms with van der Waals surface area (Å²) in [6.45, 7) is 0.144. The Labute approximate surface area is 109 Å². The van der Waals surface area contributed by atoms with E-state index >= 15 is 0 Å². The normalized spacial score (nSPS) is 10.8. The quantitative estimate of drug-likeness (QED) is 0.930. The molecule has 4 nitrogen and oxygen atoms in total. The minimum Gasteiger partial charge on any atom is -0.396 e. The fraction of sp³-hybridized carbons (Fsp3) is 0.273. The zero-order valence-electron chi connectivity index (χ0n) is 8.98. The lowest BCUT2D eigenvalue weighted by Crippen LogP contribution is -1.95. The second-order valence-corrected chi connectivity index (χ2v) is 4.42. The Morgan fingerprint density at radius 1 is 1.29 bits per heavy atom. The van der Waals surface area contributed by atoms with E-state index < -0.39 is 0 Å². The van der Waals surface area contributed by atoms with Crippen LogP contribution in [0, 0.1) is 0 Å². The summed E-state index contributed by atoms with van der Waals surface area (Å²) in [6.07, 6.45) is 3.14. The van der Waals surface area contributed by atoms with Gasteiger partial charge in [-0.15, -0.1) is 5.10 Å². The molecule has 6 heteroatoms. The second-order valence-electron chi connectivity index (χ2n) is 3.58. The van der Waals surface area contributed by atoms with Gasteiger partial charge >= 0.3 is 0 Å². The Bertz CT molecular complexity index is 513. The molecule has 0 saturated heterocycles. The molecular weight excluding hydrogens is 261 g/mol. The molecule has 0 aliphatic rings. The highest BCUT2D eigenvalue weighted by molar-refractivity contribution is 6.34. The van der Waals surface area contributed by atoms with Crippen LogP contribution >= 0.6 is 23.2 Å². The Balaban J connectivity index is 2.27. The summed E-state index contributed by atoms with van der Waals surface area (Å²) in [4.78, 5) is 0. The van der Waals surface area contributed by atoms with Crippen molar-refractivity contribution in [3.63, 3.8) is 0 Å². The molecule has 90 valence electrons. The number of benzene rings is 1. The van der Waals surface area contributed by atoms with Crippen molar-refractivity contribution in [2.45, 2.75) is 12.8 Å². The van der Waals surface area contributed by atoms with Gasteiger partial charge in [-0.25, -0.2) is 4.68 Å². The topological polar surface area (TPSA) is 50.9 Å². The van der Waals surface area contributed by atoms with Crippen LogP contribution in [0.5, 0.6) is 0 Å². The van der Waals surface area contributed by atoms with E-state index in [1.165, 1.54) is 0 Å². The SMILES string of the molecule is OCCCc1cn(-c2cc(Cl)ccc2Cl)nn1. The number of rotatable bonds is 4. The van der Waals surface area contributed by atoms with E-state index in [2.05, 4.69) is 10.3 Å². The van der Waals surface area contributed by atoms with Gasteiger partial charge in [0, 0.05) is 11.6 Å². The fourth-order valence-electron chi connectivity index (χ4n) is 1.45.